The lowest BCUT2D eigenvalue weighted by atomic mass is 9.88. The van der Waals surface area contributed by atoms with Crippen LogP contribution in [0.5, 0.6) is 11.5 Å². The van der Waals surface area contributed by atoms with Gasteiger partial charge in [-0.25, -0.2) is 0 Å². The van der Waals surface area contributed by atoms with Crippen molar-refractivity contribution in [1.82, 2.24) is 0 Å². The van der Waals surface area contributed by atoms with Gasteiger partial charge in [-0.05, 0) is 62.3 Å². The van der Waals surface area contributed by atoms with Crippen LogP contribution in [0.3, 0.4) is 0 Å². The van der Waals surface area contributed by atoms with Crippen molar-refractivity contribution >= 4 is 11.5 Å². The Morgan fingerprint density at radius 2 is 1.54 bits per heavy atom. The minimum Gasteiger partial charge on any atom is -0.507 e. The van der Waals surface area contributed by atoms with Gasteiger partial charge in [0.05, 0.1) is 0 Å². The molecule has 2 rings (SSSR count). The third-order valence-corrected chi connectivity index (χ3v) is 4.79. The van der Waals surface area contributed by atoms with Crippen LogP contribution in [-0.4, -0.2) is 21.3 Å². The molecule has 0 aliphatic heterocycles. The van der Waals surface area contributed by atoms with Crippen LogP contribution in [0.2, 0.25) is 0 Å². The summed E-state index contributed by atoms with van der Waals surface area (Å²) in [5, 5.41) is 30.0. The lowest BCUT2D eigenvalue weighted by molar-refractivity contribution is -0.137. The Labute approximate surface area is 154 Å². The van der Waals surface area contributed by atoms with E-state index in [1.54, 1.807) is 20.8 Å². The van der Waals surface area contributed by atoms with E-state index in [1.165, 1.54) is 0 Å². The second kappa shape index (κ2) is 8.56. The zero-order valence-corrected chi connectivity index (χ0v) is 15.5. The molecule has 0 amide bonds. The summed E-state index contributed by atoms with van der Waals surface area (Å²) in [6, 6.07) is 9.72. The van der Waals surface area contributed by atoms with Gasteiger partial charge in [0, 0.05) is 17.5 Å². The van der Waals surface area contributed by atoms with Crippen molar-refractivity contribution in [3.8, 4) is 11.5 Å². The minimum absolute atomic E-state index is 0.156. The molecule has 0 unspecified atom stereocenters. The summed E-state index contributed by atoms with van der Waals surface area (Å²) in [4.78, 5) is 10.7. The predicted molar refractivity (Wildman–Crippen MR) is 104 cm³/mol. The van der Waals surface area contributed by atoms with Gasteiger partial charge in [-0.2, -0.15) is 0 Å². The van der Waals surface area contributed by atoms with E-state index in [9.17, 15) is 15.0 Å². The average Bonchev–Trinajstić information content (AvgIpc) is 2.63. The number of aromatic hydroxyl groups is 2. The maximum absolute atomic E-state index is 10.8. The van der Waals surface area contributed by atoms with Crippen LogP contribution in [0.15, 0.2) is 36.4 Å². The van der Waals surface area contributed by atoms with Crippen LogP contribution in [0.25, 0.3) is 5.57 Å². The molecule has 0 saturated heterocycles. The van der Waals surface area contributed by atoms with Crippen molar-refractivity contribution < 1.29 is 20.1 Å². The van der Waals surface area contributed by atoms with Gasteiger partial charge in [0.25, 0.3) is 0 Å². The Morgan fingerprint density at radius 3 is 2.15 bits per heavy atom. The van der Waals surface area contributed by atoms with E-state index in [-0.39, 0.29) is 17.9 Å². The Hall–Kier alpha value is -2.75. The lowest BCUT2D eigenvalue weighted by Gasteiger charge is -2.19. The number of carboxylic acid groups (broad SMARTS) is 1. The molecule has 0 heterocycles. The molecular formula is C22H26O4. The second-order valence-corrected chi connectivity index (χ2v) is 6.57. The van der Waals surface area contributed by atoms with E-state index in [0.717, 1.165) is 17.6 Å². The number of phenols is 2. The van der Waals surface area contributed by atoms with Gasteiger partial charge in [0.15, 0.2) is 0 Å². The summed E-state index contributed by atoms with van der Waals surface area (Å²) in [5.41, 5.74) is 4.43. The molecule has 138 valence electrons. The molecule has 0 radical (unpaired) electrons. The van der Waals surface area contributed by atoms with E-state index >= 15 is 0 Å². The highest BCUT2D eigenvalue weighted by atomic mass is 16.4. The summed E-state index contributed by atoms with van der Waals surface area (Å²) in [6.45, 7) is 5.39. The first-order chi connectivity index (χ1) is 12.3. The monoisotopic (exact) mass is 354 g/mol. The van der Waals surface area contributed by atoms with Crippen molar-refractivity contribution in [3.05, 3.63) is 64.2 Å². The topological polar surface area (TPSA) is 77.8 Å². The van der Waals surface area contributed by atoms with Crippen LogP contribution in [-0.2, 0) is 4.79 Å². The van der Waals surface area contributed by atoms with Crippen molar-refractivity contribution in [2.75, 3.05) is 0 Å². The van der Waals surface area contributed by atoms with Crippen LogP contribution in [0.1, 0.15) is 53.5 Å². The highest BCUT2D eigenvalue weighted by Crippen LogP contribution is 2.42. The van der Waals surface area contributed by atoms with Gasteiger partial charge in [-0.1, -0.05) is 36.4 Å². The molecule has 0 aliphatic rings. The summed E-state index contributed by atoms with van der Waals surface area (Å²) in [6.07, 6.45) is 4.23. The fourth-order valence-electron chi connectivity index (χ4n) is 3.10. The lowest BCUT2D eigenvalue weighted by Crippen LogP contribution is -1.98. The van der Waals surface area contributed by atoms with Crippen LogP contribution >= 0.6 is 0 Å². The van der Waals surface area contributed by atoms with Gasteiger partial charge >= 0.3 is 5.97 Å². The Balaban J connectivity index is 2.48. The standard InChI is InChI=1S/C22H26O4/c1-14-15(2)22(26)20(16(3)21(14)25)18(17-10-6-4-7-11-17)12-8-5-9-13-19(23)24/h4,6-7,10-12,25-26H,5,8-9,13H2,1-3H3,(H,23,24)/b18-12+. The first kappa shape index (κ1) is 19.6. The number of phenolic OH excluding ortho intramolecular Hbond substituents is 2. The van der Waals surface area contributed by atoms with Crippen molar-refractivity contribution in [2.45, 2.75) is 46.5 Å². The molecule has 26 heavy (non-hydrogen) atoms. The first-order valence-electron chi connectivity index (χ1n) is 8.84. The van der Waals surface area contributed by atoms with Crippen molar-refractivity contribution in [1.29, 1.82) is 0 Å². The highest BCUT2D eigenvalue weighted by molar-refractivity contribution is 5.86. The smallest absolute Gasteiger partial charge is 0.303 e. The highest BCUT2D eigenvalue weighted by Gasteiger charge is 2.20. The summed E-state index contributed by atoms with van der Waals surface area (Å²) < 4.78 is 0. The van der Waals surface area contributed by atoms with E-state index in [2.05, 4.69) is 0 Å². The number of rotatable bonds is 7. The average molecular weight is 354 g/mol. The maximum Gasteiger partial charge on any atom is 0.303 e. The van der Waals surface area contributed by atoms with E-state index in [4.69, 9.17) is 5.11 Å². The SMILES string of the molecule is Cc1c(C)c(O)c(/C(=C/CCCCC(=O)O)c2ccccc2)c(C)c1O. The van der Waals surface area contributed by atoms with Gasteiger partial charge in [0.2, 0.25) is 0 Å². The van der Waals surface area contributed by atoms with E-state index in [0.29, 0.717) is 35.1 Å². The number of aliphatic carboxylic acids is 1. The van der Waals surface area contributed by atoms with Crippen LogP contribution in [0.4, 0.5) is 0 Å². The Kier molecular flexibility index (Phi) is 6.45. The predicted octanol–water partition coefficient (Wildman–Crippen LogP) is 5.10. The van der Waals surface area contributed by atoms with Crippen molar-refractivity contribution in [2.24, 2.45) is 0 Å². The second-order valence-electron chi connectivity index (χ2n) is 6.57. The first-order valence-corrected chi connectivity index (χ1v) is 8.84. The van der Waals surface area contributed by atoms with Gasteiger partial charge in [-0.3, -0.25) is 4.79 Å². The fraction of sp³-hybridized carbons (Fsp3) is 0.318. The van der Waals surface area contributed by atoms with Gasteiger partial charge in [-0.15, -0.1) is 0 Å². The Bertz CT molecular complexity index is 791. The molecule has 0 fully saturated rings. The third-order valence-electron chi connectivity index (χ3n) is 4.79. The molecular weight excluding hydrogens is 328 g/mol. The number of benzene rings is 2. The number of carbonyl (C=O) groups is 1. The summed E-state index contributed by atoms with van der Waals surface area (Å²) in [5.74, 6) is -0.411. The molecule has 2 aromatic rings. The number of hydrogen-bond acceptors (Lipinski definition) is 3. The molecule has 0 aliphatic carbocycles. The summed E-state index contributed by atoms with van der Waals surface area (Å²) >= 11 is 0. The number of carboxylic acids is 1. The molecule has 0 spiro atoms. The number of hydrogen-bond donors (Lipinski definition) is 3. The van der Waals surface area contributed by atoms with Crippen molar-refractivity contribution in [3.63, 3.8) is 0 Å². The third kappa shape index (κ3) is 4.26. The number of unbranched alkanes of at least 4 members (excludes halogenated alkanes) is 2. The quantitative estimate of drug-likeness (QED) is 0.477. The zero-order chi connectivity index (χ0) is 19.3. The van der Waals surface area contributed by atoms with Gasteiger partial charge < -0.3 is 15.3 Å². The molecule has 4 nitrogen and oxygen atoms in total. The fourth-order valence-corrected chi connectivity index (χ4v) is 3.10. The largest absolute Gasteiger partial charge is 0.507 e. The molecule has 0 saturated carbocycles. The minimum atomic E-state index is -0.787. The molecule has 4 heteroatoms. The van der Waals surface area contributed by atoms with Gasteiger partial charge in [0.1, 0.15) is 11.5 Å². The molecule has 0 bridgehead atoms. The maximum atomic E-state index is 10.8. The normalized spacial score (nSPS) is 11.6. The Morgan fingerprint density at radius 1 is 0.923 bits per heavy atom. The van der Waals surface area contributed by atoms with Crippen LogP contribution in [0, 0.1) is 20.8 Å². The van der Waals surface area contributed by atoms with Crippen LogP contribution < -0.4 is 0 Å². The van der Waals surface area contributed by atoms with E-state index < -0.39 is 5.97 Å². The molecule has 0 aromatic heterocycles. The molecule has 2 aromatic carbocycles. The molecule has 3 N–H and O–H groups in total. The number of allylic oxidation sites excluding steroid dienone is 1. The van der Waals surface area contributed by atoms with E-state index in [1.807, 2.05) is 36.4 Å². The molecule has 0 atom stereocenters. The summed E-state index contributed by atoms with van der Waals surface area (Å²) in [7, 11) is 0. The zero-order valence-electron chi connectivity index (χ0n) is 15.5.